The van der Waals surface area contributed by atoms with Crippen LogP contribution in [0.25, 0.3) is 0 Å². The molecular weight excluding hydrogens is 421 g/mol. The lowest BCUT2D eigenvalue weighted by atomic mass is 9.88. The van der Waals surface area contributed by atoms with Gasteiger partial charge in [0.2, 0.25) is 5.91 Å². The molecule has 0 aliphatic carbocycles. The second-order valence-electron chi connectivity index (χ2n) is 8.54. The van der Waals surface area contributed by atoms with E-state index in [2.05, 4.69) is 11.5 Å². The van der Waals surface area contributed by atoms with Gasteiger partial charge in [-0.1, -0.05) is 24.3 Å². The van der Waals surface area contributed by atoms with Gasteiger partial charge >= 0.3 is 0 Å². The Morgan fingerprint density at radius 2 is 1.91 bits per heavy atom. The molecule has 4 rings (SSSR count). The fourth-order valence-electron chi connectivity index (χ4n) is 4.66. The van der Waals surface area contributed by atoms with Crippen molar-refractivity contribution in [1.29, 1.82) is 0 Å². The van der Waals surface area contributed by atoms with Gasteiger partial charge in [-0.3, -0.25) is 14.5 Å². The normalized spacial score (nSPS) is 18.5. The molecule has 2 aromatic carbocycles. The van der Waals surface area contributed by atoms with Gasteiger partial charge in [0.15, 0.2) is 6.61 Å². The summed E-state index contributed by atoms with van der Waals surface area (Å²) in [7, 11) is 0. The second kappa shape index (κ2) is 10.2. The molecule has 1 atom stereocenters. The van der Waals surface area contributed by atoms with E-state index in [1.165, 1.54) is 19.1 Å². The van der Waals surface area contributed by atoms with Crippen molar-refractivity contribution in [3.63, 3.8) is 0 Å². The van der Waals surface area contributed by atoms with Gasteiger partial charge in [0.25, 0.3) is 5.91 Å². The van der Waals surface area contributed by atoms with Crippen molar-refractivity contribution in [1.82, 2.24) is 14.7 Å². The predicted octanol–water partition coefficient (Wildman–Crippen LogP) is 3.03. The summed E-state index contributed by atoms with van der Waals surface area (Å²) in [6, 6.07) is 11.7. The molecule has 2 aromatic rings. The number of nitrogens with zero attached hydrogens (tertiary/aromatic N) is 3. The molecule has 0 N–H and O–H groups in total. The predicted molar refractivity (Wildman–Crippen MR) is 124 cm³/mol. The Balaban J connectivity index is 1.49. The maximum atomic E-state index is 14.0. The van der Waals surface area contributed by atoms with Crippen molar-refractivity contribution in [3.05, 3.63) is 77.6 Å². The molecule has 0 radical (unpaired) electrons. The molecule has 1 fully saturated rings. The first-order valence-corrected chi connectivity index (χ1v) is 11.4. The van der Waals surface area contributed by atoms with E-state index < -0.39 is 0 Å². The summed E-state index contributed by atoms with van der Waals surface area (Å²) in [5, 5.41) is 0. The largest absolute Gasteiger partial charge is 0.484 e. The Labute approximate surface area is 194 Å². The van der Waals surface area contributed by atoms with Crippen molar-refractivity contribution in [2.75, 3.05) is 45.9 Å². The molecule has 174 valence electrons. The van der Waals surface area contributed by atoms with Crippen LogP contribution in [0, 0.1) is 5.82 Å². The number of piperazine rings is 1. The minimum absolute atomic E-state index is 0.0404. The Morgan fingerprint density at radius 1 is 1.12 bits per heavy atom. The zero-order chi connectivity index (χ0) is 23.4. The maximum Gasteiger partial charge on any atom is 0.260 e. The van der Waals surface area contributed by atoms with Crippen molar-refractivity contribution in [2.24, 2.45) is 0 Å². The number of fused-ring (bicyclic) bond motifs is 1. The molecule has 2 aliphatic heterocycles. The van der Waals surface area contributed by atoms with E-state index in [0.29, 0.717) is 25.4 Å². The molecule has 1 saturated heterocycles. The minimum atomic E-state index is -0.390. The highest BCUT2D eigenvalue weighted by Crippen LogP contribution is 2.37. The van der Waals surface area contributed by atoms with Crippen LogP contribution in [0.1, 0.15) is 29.7 Å². The third kappa shape index (κ3) is 5.25. The number of ether oxygens (including phenoxy) is 1. The fraction of sp³-hybridized carbons (Fsp3) is 0.385. The number of rotatable bonds is 6. The Bertz CT molecular complexity index is 1030. The van der Waals surface area contributed by atoms with E-state index in [0.717, 1.165) is 42.7 Å². The Kier molecular flexibility index (Phi) is 7.08. The number of hydrogen-bond donors (Lipinski definition) is 0. The van der Waals surface area contributed by atoms with Crippen LogP contribution in [0.3, 0.4) is 0 Å². The third-order valence-electron chi connectivity index (χ3n) is 6.39. The molecule has 2 aliphatic rings. The lowest BCUT2D eigenvalue weighted by molar-refractivity contribution is -0.135. The van der Waals surface area contributed by atoms with Crippen LogP contribution in [-0.4, -0.2) is 72.4 Å². The van der Waals surface area contributed by atoms with Crippen molar-refractivity contribution < 1.29 is 18.7 Å². The average Bonchev–Trinajstić information content (AvgIpc) is 2.82. The van der Waals surface area contributed by atoms with Gasteiger partial charge < -0.3 is 14.5 Å². The number of carbonyl (C=O) groups excluding carboxylic acids is 2. The van der Waals surface area contributed by atoms with Crippen molar-refractivity contribution >= 4 is 11.8 Å². The lowest BCUT2D eigenvalue weighted by Crippen LogP contribution is -2.49. The first kappa shape index (κ1) is 23.0. The van der Waals surface area contributed by atoms with Gasteiger partial charge in [-0.15, -0.1) is 6.58 Å². The fourth-order valence-corrected chi connectivity index (χ4v) is 4.66. The van der Waals surface area contributed by atoms with Gasteiger partial charge in [0, 0.05) is 46.2 Å². The molecule has 0 aromatic heterocycles. The minimum Gasteiger partial charge on any atom is -0.484 e. The molecule has 0 bridgehead atoms. The average molecular weight is 452 g/mol. The molecule has 0 spiro atoms. The summed E-state index contributed by atoms with van der Waals surface area (Å²) < 4.78 is 19.8. The molecular formula is C26H30FN3O3. The molecule has 0 saturated carbocycles. The van der Waals surface area contributed by atoms with Gasteiger partial charge in [-0.2, -0.15) is 0 Å². The van der Waals surface area contributed by atoms with Crippen LogP contribution in [0.4, 0.5) is 4.39 Å². The van der Waals surface area contributed by atoms with Crippen LogP contribution in [-0.2, 0) is 16.0 Å². The van der Waals surface area contributed by atoms with E-state index in [1.807, 2.05) is 35.2 Å². The quantitative estimate of drug-likeness (QED) is 0.634. The number of hydrogen-bond acceptors (Lipinski definition) is 4. The second-order valence-corrected chi connectivity index (χ2v) is 8.54. The highest BCUT2D eigenvalue weighted by atomic mass is 19.1. The molecule has 2 amide bonds. The highest BCUT2D eigenvalue weighted by molar-refractivity contribution is 5.78. The van der Waals surface area contributed by atoms with Crippen LogP contribution in [0.2, 0.25) is 0 Å². The van der Waals surface area contributed by atoms with Gasteiger partial charge in [-0.25, -0.2) is 4.39 Å². The molecule has 6 nitrogen and oxygen atoms in total. The summed E-state index contributed by atoms with van der Waals surface area (Å²) in [6.45, 7) is 9.66. The molecule has 2 heterocycles. The van der Waals surface area contributed by atoms with E-state index in [9.17, 15) is 14.0 Å². The van der Waals surface area contributed by atoms with E-state index >= 15 is 0 Å². The zero-order valence-corrected chi connectivity index (χ0v) is 19.0. The van der Waals surface area contributed by atoms with E-state index in [4.69, 9.17) is 4.74 Å². The van der Waals surface area contributed by atoms with Crippen LogP contribution >= 0.6 is 0 Å². The van der Waals surface area contributed by atoms with Crippen LogP contribution < -0.4 is 4.74 Å². The maximum absolute atomic E-state index is 14.0. The zero-order valence-electron chi connectivity index (χ0n) is 19.0. The number of amides is 2. The van der Waals surface area contributed by atoms with E-state index in [1.54, 1.807) is 11.0 Å². The van der Waals surface area contributed by atoms with Crippen LogP contribution in [0.5, 0.6) is 5.75 Å². The standard InChI is InChI=1S/C26H30FN3O3/c1-3-10-28-12-14-29(15-13-28)25(32)18-33-23-8-7-20-9-11-30(19(2)31)26(24(20)17-23)21-5-4-6-22(27)16-21/h3-8,16-17,26H,1,9-15,18H2,2H3. The van der Waals surface area contributed by atoms with E-state index in [-0.39, 0.29) is 30.3 Å². The first-order chi connectivity index (χ1) is 16.0. The number of carbonyl (C=O) groups is 2. The smallest absolute Gasteiger partial charge is 0.260 e. The van der Waals surface area contributed by atoms with Crippen LogP contribution in [0.15, 0.2) is 55.1 Å². The molecule has 1 unspecified atom stereocenters. The summed E-state index contributed by atoms with van der Waals surface area (Å²) in [6.07, 6.45) is 2.59. The molecule has 33 heavy (non-hydrogen) atoms. The SMILES string of the molecule is C=CCN1CCN(C(=O)COc2ccc3c(c2)C(c2cccc(F)c2)N(C(C)=O)CC3)CC1. The van der Waals surface area contributed by atoms with Crippen molar-refractivity contribution in [2.45, 2.75) is 19.4 Å². The summed E-state index contributed by atoms with van der Waals surface area (Å²) in [5.74, 6) is 0.124. The van der Waals surface area contributed by atoms with Gasteiger partial charge in [0.1, 0.15) is 11.6 Å². The third-order valence-corrected chi connectivity index (χ3v) is 6.39. The lowest BCUT2D eigenvalue weighted by Gasteiger charge is -2.37. The van der Waals surface area contributed by atoms with Crippen molar-refractivity contribution in [3.8, 4) is 5.75 Å². The Hall–Kier alpha value is -3.19. The molecule has 7 heteroatoms. The summed E-state index contributed by atoms with van der Waals surface area (Å²) in [4.78, 5) is 30.9. The van der Waals surface area contributed by atoms with Gasteiger partial charge in [0.05, 0.1) is 6.04 Å². The number of halogens is 1. The summed E-state index contributed by atoms with van der Waals surface area (Å²) in [5.41, 5.74) is 2.72. The Morgan fingerprint density at radius 3 is 2.61 bits per heavy atom. The number of benzene rings is 2. The highest BCUT2D eigenvalue weighted by Gasteiger charge is 2.31. The van der Waals surface area contributed by atoms with Gasteiger partial charge in [-0.05, 0) is 47.4 Å². The first-order valence-electron chi connectivity index (χ1n) is 11.4. The monoisotopic (exact) mass is 451 g/mol. The summed E-state index contributed by atoms with van der Waals surface area (Å²) >= 11 is 0. The topological polar surface area (TPSA) is 53.1 Å².